The Morgan fingerprint density at radius 2 is 2.25 bits per heavy atom. The summed E-state index contributed by atoms with van der Waals surface area (Å²) in [5.41, 5.74) is 4.11. The summed E-state index contributed by atoms with van der Waals surface area (Å²) in [6.07, 6.45) is 4.36. The van der Waals surface area contributed by atoms with Crippen molar-refractivity contribution >= 4 is 0 Å². The molecule has 0 radical (unpaired) electrons. The Kier molecular flexibility index (Phi) is 2.63. The van der Waals surface area contributed by atoms with Crippen LogP contribution in [0.25, 0.3) is 0 Å². The minimum atomic E-state index is 0.477. The molecular weight excluding hydrogens is 152 g/mol. The van der Waals surface area contributed by atoms with Gasteiger partial charge in [-0.3, -0.25) is 0 Å². The molecule has 70 valence electrons. The quantitative estimate of drug-likeness (QED) is 0.553. The minimum absolute atomic E-state index is 0.477. The molecule has 0 bridgehead atoms. The smallest absolute Gasteiger partial charge is 0.0847 e. The molecular formula is C9H19N2O+. The number of hydrogen-bond acceptors (Lipinski definition) is 2. The van der Waals surface area contributed by atoms with E-state index in [1.807, 2.05) is 0 Å². The summed E-state index contributed by atoms with van der Waals surface area (Å²) in [5, 5.41) is 3.38. The van der Waals surface area contributed by atoms with Gasteiger partial charge < -0.3 is 15.8 Å². The summed E-state index contributed by atoms with van der Waals surface area (Å²) in [4.78, 5) is 0. The number of quaternary nitrogens is 1. The van der Waals surface area contributed by atoms with Crippen LogP contribution >= 0.6 is 0 Å². The van der Waals surface area contributed by atoms with Crippen molar-refractivity contribution in [2.75, 3.05) is 19.7 Å². The standard InChI is InChI=1S/C9H18N2O/c10-8-2-1-7(5-8)9-6-11-3-4-12-9/h7-9,11H,1-6,10H2/p+1. The lowest BCUT2D eigenvalue weighted by Crippen LogP contribution is -2.59. The average molecular weight is 171 g/mol. The van der Waals surface area contributed by atoms with E-state index in [1.54, 1.807) is 0 Å². The molecule has 3 heteroatoms. The minimum Gasteiger partial charge on any atom is -0.375 e. The Hall–Kier alpha value is -0.120. The van der Waals surface area contributed by atoms with Crippen molar-refractivity contribution in [2.24, 2.45) is 5.92 Å². The van der Waals surface area contributed by atoms with Crippen LogP contribution in [0.15, 0.2) is 0 Å². The van der Waals surface area contributed by atoms with E-state index < -0.39 is 0 Å². The molecule has 1 heterocycles. The van der Waals surface area contributed by atoms with Gasteiger partial charge in [-0.05, 0) is 18.8 Å². The summed E-state index contributed by atoms with van der Waals surface area (Å²) in [7, 11) is 0. The maximum atomic E-state index is 5.72. The van der Waals surface area contributed by atoms with Gasteiger partial charge in [-0.25, -0.2) is 0 Å². The van der Waals surface area contributed by atoms with Crippen LogP contribution in [-0.4, -0.2) is 31.8 Å². The summed E-state index contributed by atoms with van der Waals surface area (Å²) >= 11 is 0. The SMILES string of the molecule is [NH3+]C1CCC(C2CNCCO2)C1. The highest BCUT2D eigenvalue weighted by atomic mass is 16.5. The highest BCUT2D eigenvalue weighted by molar-refractivity contribution is 4.83. The third kappa shape index (κ3) is 1.79. The van der Waals surface area contributed by atoms with Crippen LogP contribution in [-0.2, 0) is 4.74 Å². The summed E-state index contributed by atoms with van der Waals surface area (Å²) in [5.74, 6) is 0.778. The third-order valence-corrected chi connectivity index (χ3v) is 3.06. The van der Waals surface area contributed by atoms with E-state index in [-0.39, 0.29) is 0 Å². The van der Waals surface area contributed by atoms with E-state index in [0.717, 1.165) is 25.6 Å². The molecule has 3 nitrogen and oxygen atoms in total. The van der Waals surface area contributed by atoms with Crippen molar-refractivity contribution in [3.8, 4) is 0 Å². The van der Waals surface area contributed by atoms with Gasteiger partial charge in [0.05, 0.1) is 18.8 Å². The first kappa shape index (κ1) is 8.48. The fraction of sp³-hybridized carbons (Fsp3) is 1.00. The van der Waals surface area contributed by atoms with Crippen LogP contribution in [0.1, 0.15) is 19.3 Å². The van der Waals surface area contributed by atoms with Crippen LogP contribution in [0.5, 0.6) is 0 Å². The molecule has 0 spiro atoms. The Morgan fingerprint density at radius 1 is 1.33 bits per heavy atom. The molecule has 1 aliphatic heterocycles. The number of rotatable bonds is 1. The largest absolute Gasteiger partial charge is 0.375 e. The molecule has 0 aromatic carbocycles. The first-order valence-electron chi connectivity index (χ1n) is 5.01. The van der Waals surface area contributed by atoms with Gasteiger partial charge >= 0.3 is 0 Å². The van der Waals surface area contributed by atoms with E-state index in [4.69, 9.17) is 4.74 Å². The molecule has 4 N–H and O–H groups in total. The normalized spacial score (nSPS) is 43.2. The molecule has 3 unspecified atom stereocenters. The number of hydrogen-bond donors (Lipinski definition) is 2. The molecule has 2 fully saturated rings. The number of ether oxygens (including phenoxy) is 1. The fourth-order valence-corrected chi connectivity index (χ4v) is 2.34. The topological polar surface area (TPSA) is 48.9 Å². The van der Waals surface area contributed by atoms with Crippen molar-refractivity contribution in [1.82, 2.24) is 5.32 Å². The number of morpholine rings is 1. The van der Waals surface area contributed by atoms with Gasteiger partial charge in [0.2, 0.25) is 0 Å². The Balaban J connectivity index is 1.83. The summed E-state index contributed by atoms with van der Waals surface area (Å²) < 4.78 is 5.72. The molecule has 1 saturated carbocycles. The molecule has 0 aromatic heterocycles. The van der Waals surface area contributed by atoms with Gasteiger partial charge in [-0.1, -0.05) is 0 Å². The molecule has 0 amide bonds. The second-order valence-electron chi connectivity index (χ2n) is 4.05. The zero-order chi connectivity index (χ0) is 8.39. The second kappa shape index (κ2) is 3.73. The van der Waals surface area contributed by atoms with E-state index in [9.17, 15) is 0 Å². The molecule has 1 aliphatic carbocycles. The average Bonchev–Trinajstić information content (AvgIpc) is 2.54. The first-order valence-corrected chi connectivity index (χ1v) is 5.01. The van der Waals surface area contributed by atoms with Gasteiger partial charge in [0.15, 0.2) is 0 Å². The highest BCUT2D eigenvalue weighted by Crippen LogP contribution is 2.28. The zero-order valence-electron chi connectivity index (χ0n) is 7.59. The van der Waals surface area contributed by atoms with Gasteiger partial charge in [-0.2, -0.15) is 0 Å². The van der Waals surface area contributed by atoms with Crippen molar-refractivity contribution in [3.05, 3.63) is 0 Å². The molecule has 1 saturated heterocycles. The number of nitrogens with one attached hydrogen (secondary N) is 1. The molecule has 2 aliphatic rings. The van der Waals surface area contributed by atoms with Crippen molar-refractivity contribution in [1.29, 1.82) is 0 Å². The lowest BCUT2D eigenvalue weighted by atomic mass is 10.00. The van der Waals surface area contributed by atoms with E-state index in [0.29, 0.717) is 12.1 Å². The van der Waals surface area contributed by atoms with Crippen LogP contribution in [0.2, 0.25) is 0 Å². The van der Waals surface area contributed by atoms with Crippen LogP contribution in [0, 0.1) is 5.92 Å². The monoisotopic (exact) mass is 171 g/mol. The molecule has 0 aromatic rings. The predicted octanol–water partition coefficient (Wildman–Crippen LogP) is -0.615. The highest BCUT2D eigenvalue weighted by Gasteiger charge is 2.32. The van der Waals surface area contributed by atoms with Gasteiger partial charge in [0.1, 0.15) is 0 Å². The Labute approximate surface area is 73.7 Å². The summed E-state index contributed by atoms with van der Waals surface area (Å²) in [6.45, 7) is 2.97. The van der Waals surface area contributed by atoms with E-state index in [1.165, 1.54) is 19.3 Å². The Bertz CT molecular complexity index is 143. The van der Waals surface area contributed by atoms with E-state index >= 15 is 0 Å². The Morgan fingerprint density at radius 3 is 2.83 bits per heavy atom. The van der Waals surface area contributed by atoms with Crippen LogP contribution < -0.4 is 11.1 Å². The maximum Gasteiger partial charge on any atom is 0.0847 e. The lowest BCUT2D eigenvalue weighted by molar-refractivity contribution is -0.418. The van der Waals surface area contributed by atoms with Crippen LogP contribution in [0.4, 0.5) is 0 Å². The predicted molar refractivity (Wildman–Crippen MR) is 46.6 cm³/mol. The van der Waals surface area contributed by atoms with Crippen molar-refractivity contribution in [3.63, 3.8) is 0 Å². The van der Waals surface area contributed by atoms with Crippen molar-refractivity contribution in [2.45, 2.75) is 31.4 Å². The van der Waals surface area contributed by atoms with Gasteiger partial charge in [-0.15, -0.1) is 0 Å². The molecule has 12 heavy (non-hydrogen) atoms. The van der Waals surface area contributed by atoms with Crippen molar-refractivity contribution < 1.29 is 10.5 Å². The van der Waals surface area contributed by atoms with Gasteiger partial charge in [0.25, 0.3) is 0 Å². The summed E-state index contributed by atoms with van der Waals surface area (Å²) in [6, 6.07) is 0.681. The lowest BCUT2D eigenvalue weighted by Gasteiger charge is -2.28. The van der Waals surface area contributed by atoms with E-state index in [2.05, 4.69) is 11.1 Å². The first-order chi connectivity index (χ1) is 5.86. The molecule has 3 atom stereocenters. The molecule has 2 rings (SSSR count). The fourth-order valence-electron chi connectivity index (χ4n) is 2.34. The van der Waals surface area contributed by atoms with Gasteiger partial charge in [0, 0.05) is 19.5 Å². The zero-order valence-corrected chi connectivity index (χ0v) is 7.59. The second-order valence-corrected chi connectivity index (χ2v) is 4.05. The van der Waals surface area contributed by atoms with Crippen LogP contribution in [0.3, 0.4) is 0 Å². The third-order valence-electron chi connectivity index (χ3n) is 3.06. The maximum absolute atomic E-state index is 5.72.